The van der Waals surface area contributed by atoms with Gasteiger partial charge in [0.2, 0.25) is 0 Å². The van der Waals surface area contributed by atoms with Crippen LogP contribution in [0.25, 0.3) is 0 Å². The first-order chi connectivity index (χ1) is 9.89. The smallest absolute Gasteiger partial charge is 0.313 e. The van der Waals surface area contributed by atoms with Crippen molar-refractivity contribution in [1.82, 2.24) is 4.90 Å². The molecule has 114 valence electrons. The molecule has 5 nitrogen and oxygen atoms in total. The van der Waals surface area contributed by atoms with Crippen LogP contribution in [0.3, 0.4) is 0 Å². The number of aliphatic carboxylic acids is 1. The minimum absolute atomic E-state index is 0.00411. The lowest BCUT2D eigenvalue weighted by Crippen LogP contribution is -2.40. The van der Waals surface area contributed by atoms with E-state index in [-0.39, 0.29) is 36.7 Å². The van der Waals surface area contributed by atoms with E-state index in [1.54, 1.807) is 0 Å². The number of carboxylic acids is 1. The maximum atomic E-state index is 13.7. The average Bonchev–Trinajstić information content (AvgIpc) is 2.87. The summed E-state index contributed by atoms with van der Waals surface area (Å²) in [6.45, 7) is 0.228. The number of benzene rings is 1. The van der Waals surface area contributed by atoms with E-state index in [9.17, 15) is 19.1 Å². The van der Waals surface area contributed by atoms with Crippen molar-refractivity contribution >= 4 is 23.5 Å². The minimum Gasteiger partial charge on any atom is -0.481 e. The van der Waals surface area contributed by atoms with Gasteiger partial charge in [-0.3, -0.25) is 9.59 Å². The van der Waals surface area contributed by atoms with Crippen LogP contribution in [0, 0.1) is 11.2 Å². The molecule has 0 radical (unpaired) electrons. The van der Waals surface area contributed by atoms with Gasteiger partial charge in [0.1, 0.15) is 11.2 Å². The summed E-state index contributed by atoms with van der Waals surface area (Å²) in [7, 11) is 1.41. The number of ether oxygens (including phenoxy) is 1. The standard InChI is InChI=1S/C14H15ClFNO4/c1-21-8-14(13(19)20)4-5-17(7-14)12(18)10-6-9(15)2-3-11(10)16/h2-3,6H,4-5,7-8H2,1H3,(H,19,20). The molecule has 1 aliphatic rings. The third-order valence-electron chi connectivity index (χ3n) is 3.67. The molecule has 1 N–H and O–H groups in total. The highest BCUT2D eigenvalue weighted by Crippen LogP contribution is 2.32. The van der Waals surface area contributed by atoms with Gasteiger partial charge in [-0.05, 0) is 24.6 Å². The largest absolute Gasteiger partial charge is 0.481 e. The molecular formula is C14H15ClFNO4. The van der Waals surface area contributed by atoms with Crippen LogP contribution < -0.4 is 0 Å². The van der Waals surface area contributed by atoms with Crippen molar-refractivity contribution in [3.8, 4) is 0 Å². The normalized spacial score (nSPS) is 21.6. The van der Waals surface area contributed by atoms with Crippen molar-refractivity contribution in [3.05, 3.63) is 34.6 Å². The quantitative estimate of drug-likeness (QED) is 0.923. The second-order valence-corrected chi connectivity index (χ2v) is 5.56. The van der Waals surface area contributed by atoms with E-state index >= 15 is 0 Å². The first kappa shape index (κ1) is 15.7. The molecule has 1 atom stereocenters. The second kappa shape index (κ2) is 5.99. The number of carboxylic acid groups (broad SMARTS) is 1. The molecule has 1 amide bonds. The maximum Gasteiger partial charge on any atom is 0.313 e. The van der Waals surface area contributed by atoms with Gasteiger partial charge in [0.05, 0.1) is 12.2 Å². The van der Waals surface area contributed by atoms with Crippen LogP contribution in [0.15, 0.2) is 18.2 Å². The van der Waals surface area contributed by atoms with Crippen LogP contribution in [0.5, 0.6) is 0 Å². The number of carbonyl (C=O) groups is 2. The van der Waals surface area contributed by atoms with Crippen molar-refractivity contribution < 1.29 is 23.8 Å². The monoisotopic (exact) mass is 315 g/mol. The summed E-state index contributed by atoms with van der Waals surface area (Å²) in [4.78, 5) is 25.1. The van der Waals surface area contributed by atoms with E-state index < -0.39 is 23.1 Å². The minimum atomic E-state index is -1.14. The number of methoxy groups -OCH3 is 1. The number of amides is 1. The lowest BCUT2D eigenvalue weighted by molar-refractivity contribution is -0.151. The van der Waals surface area contributed by atoms with Crippen LogP contribution in [0.1, 0.15) is 16.8 Å². The fourth-order valence-electron chi connectivity index (χ4n) is 2.51. The van der Waals surface area contributed by atoms with Gasteiger partial charge in [-0.15, -0.1) is 0 Å². The fourth-order valence-corrected chi connectivity index (χ4v) is 2.68. The number of carbonyl (C=O) groups excluding carboxylic acids is 1. The Hall–Kier alpha value is -1.66. The van der Waals surface area contributed by atoms with Crippen molar-refractivity contribution in [2.75, 3.05) is 26.8 Å². The molecule has 0 saturated carbocycles. The summed E-state index contributed by atoms with van der Waals surface area (Å²) in [6.07, 6.45) is 0.268. The highest BCUT2D eigenvalue weighted by atomic mass is 35.5. The van der Waals surface area contributed by atoms with Gasteiger partial charge >= 0.3 is 5.97 Å². The Morgan fingerprint density at radius 3 is 2.86 bits per heavy atom. The molecule has 21 heavy (non-hydrogen) atoms. The van der Waals surface area contributed by atoms with Gasteiger partial charge in [-0.2, -0.15) is 0 Å². The Balaban J connectivity index is 2.22. The Bertz CT molecular complexity index is 580. The van der Waals surface area contributed by atoms with Crippen LogP contribution in [-0.2, 0) is 9.53 Å². The van der Waals surface area contributed by atoms with Gasteiger partial charge < -0.3 is 14.7 Å². The van der Waals surface area contributed by atoms with Crippen molar-refractivity contribution in [3.63, 3.8) is 0 Å². The van der Waals surface area contributed by atoms with Crippen LogP contribution in [0.4, 0.5) is 4.39 Å². The summed E-state index contributed by atoms with van der Waals surface area (Å²) in [6, 6.07) is 3.71. The number of halogens is 2. The zero-order valence-electron chi connectivity index (χ0n) is 11.4. The molecule has 1 saturated heterocycles. The molecular weight excluding hydrogens is 301 g/mol. The van der Waals surface area contributed by atoms with E-state index in [2.05, 4.69) is 0 Å². The molecule has 1 heterocycles. The molecule has 2 rings (SSSR count). The summed E-state index contributed by atoms with van der Waals surface area (Å²) in [5.41, 5.74) is -1.29. The summed E-state index contributed by atoms with van der Waals surface area (Å²) < 4.78 is 18.7. The number of likely N-dealkylation sites (tertiary alicyclic amines) is 1. The summed E-state index contributed by atoms with van der Waals surface area (Å²) in [5.74, 6) is -2.26. The Kier molecular flexibility index (Phi) is 4.49. The van der Waals surface area contributed by atoms with E-state index in [1.807, 2.05) is 0 Å². The highest BCUT2D eigenvalue weighted by Gasteiger charge is 2.46. The molecule has 0 aromatic heterocycles. The lowest BCUT2D eigenvalue weighted by atomic mass is 9.88. The molecule has 1 aromatic rings. The molecule has 7 heteroatoms. The van der Waals surface area contributed by atoms with Crippen molar-refractivity contribution in [1.29, 1.82) is 0 Å². The molecule has 1 aromatic carbocycles. The number of hydrogen-bond acceptors (Lipinski definition) is 3. The van der Waals surface area contributed by atoms with E-state index in [0.29, 0.717) is 0 Å². The van der Waals surface area contributed by atoms with Gasteiger partial charge in [0, 0.05) is 25.2 Å². The van der Waals surface area contributed by atoms with Gasteiger partial charge in [-0.25, -0.2) is 4.39 Å². The van der Waals surface area contributed by atoms with E-state index in [1.165, 1.54) is 24.1 Å². The first-order valence-electron chi connectivity index (χ1n) is 6.36. The topological polar surface area (TPSA) is 66.8 Å². The Morgan fingerprint density at radius 2 is 2.24 bits per heavy atom. The van der Waals surface area contributed by atoms with Crippen LogP contribution in [0.2, 0.25) is 5.02 Å². The van der Waals surface area contributed by atoms with Crippen molar-refractivity contribution in [2.24, 2.45) is 5.41 Å². The van der Waals surface area contributed by atoms with E-state index in [4.69, 9.17) is 16.3 Å². The van der Waals surface area contributed by atoms with Gasteiger partial charge in [0.15, 0.2) is 0 Å². The Labute approximate surface area is 126 Å². The molecule has 1 unspecified atom stereocenters. The van der Waals surface area contributed by atoms with Gasteiger partial charge in [-0.1, -0.05) is 11.6 Å². The zero-order valence-corrected chi connectivity index (χ0v) is 12.2. The SMILES string of the molecule is COCC1(C(=O)O)CCN(C(=O)c2cc(Cl)ccc2F)C1. The Morgan fingerprint density at radius 1 is 1.52 bits per heavy atom. The average molecular weight is 316 g/mol. The predicted molar refractivity (Wildman–Crippen MR) is 73.9 cm³/mol. The highest BCUT2D eigenvalue weighted by molar-refractivity contribution is 6.31. The number of hydrogen-bond donors (Lipinski definition) is 1. The van der Waals surface area contributed by atoms with Crippen LogP contribution >= 0.6 is 11.6 Å². The van der Waals surface area contributed by atoms with Crippen molar-refractivity contribution in [2.45, 2.75) is 6.42 Å². The zero-order chi connectivity index (χ0) is 15.6. The van der Waals surface area contributed by atoms with E-state index in [0.717, 1.165) is 6.07 Å². The first-order valence-corrected chi connectivity index (χ1v) is 6.74. The third kappa shape index (κ3) is 3.01. The molecule has 0 spiro atoms. The molecule has 1 fully saturated rings. The van der Waals surface area contributed by atoms with Crippen LogP contribution in [-0.4, -0.2) is 48.7 Å². The van der Waals surface area contributed by atoms with Gasteiger partial charge in [0.25, 0.3) is 5.91 Å². The second-order valence-electron chi connectivity index (χ2n) is 5.12. The summed E-state index contributed by atoms with van der Waals surface area (Å²) >= 11 is 5.77. The fraction of sp³-hybridized carbons (Fsp3) is 0.429. The maximum absolute atomic E-state index is 13.7. The lowest BCUT2D eigenvalue weighted by Gasteiger charge is -2.24. The molecule has 0 bridgehead atoms. The third-order valence-corrected chi connectivity index (χ3v) is 3.91. The number of nitrogens with zero attached hydrogens (tertiary/aromatic N) is 1. The molecule has 0 aliphatic carbocycles. The number of rotatable bonds is 4. The predicted octanol–water partition coefficient (Wildman–Crippen LogP) is 2.04. The molecule has 1 aliphatic heterocycles. The summed E-state index contributed by atoms with van der Waals surface area (Å²) in [5, 5.41) is 9.60.